The number of aromatic carboxylic acids is 1. The quantitative estimate of drug-likeness (QED) is 0.353. The Morgan fingerprint density at radius 2 is 1.84 bits per heavy atom. The Morgan fingerprint density at radius 1 is 1.10 bits per heavy atom. The van der Waals surface area contributed by atoms with Gasteiger partial charge in [0, 0.05) is 23.3 Å². The van der Waals surface area contributed by atoms with Gasteiger partial charge in [-0.3, -0.25) is 15.2 Å². The number of aromatic amines is 1. The van der Waals surface area contributed by atoms with E-state index in [-0.39, 0.29) is 16.9 Å². The van der Waals surface area contributed by atoms with Crippen molar-refractivity contribution in [1.82, 2.24) is 15.2 Å². The number of methoxy groups -OCH3 is 2. The van der Waals surface area contributed by atoms with Gasteiger partial charge in [0.1, 0.15) is 11.5 Å². The Bertz CT molecular complexity index is 1310. The first-order chi connectivity index (χ1) is 14.9. The molecule has 2 aromatic heterocycles. The van der Waals surface area contributed by atoms with Gasteiger partial charge in [-0.25, -0.2) is 9.78 Å². The van der Waals surface area contributed by atoms with E-state index < -0.39 is 10.9 Å². The maximum absolute atomic E-state index is 12.1. The van der Waals surface area contributed by atoms with Crippen molar-refractivity contribution in [1.29, 1.82) is 0 Å². The molecule has 4 aromatic rings. The first-order valence-electron chi connectivity index (χ1n) is 9.02. The van der Waals surface area contributed by atoms with E-state index in [1.54, 1.807) is 18.2 Å². The number of nitro benzene ring substituents is 1. The molecule has 0 aliphatic carbocycles. The van der Waals surface area contributed by atoms with Gasteiger partial charge >= 0.3 is 5.97 Å². The number of carboxylic acid groups (broad SMARTS) is 1. The molecule has 2 aromatic carbocycles. The number of non-ortho nitro benzene ring substituents is 1. The number of aromatic nitrogens is 3. The van der Waals surface area contributed by atoms with Crippen LogP contribution in [0.1, 0.15) is 10.4 Å². The molecule has 4 rings (SSSR count). The summed E-state index contributed by atoms with van der Waals surface area (Å²) in [5.41, 5.74) is 1.94. The number of rotatable bonds is 6. The van der Waals surface area contributed by atoms with E-state index in [4.69, 9.17) is 9.47 Å². The molecule has 0 aliphatic rings. The molecule has 31 heavy (non-hydrogen) atoms. The van der Waals surface area contributed by atoms with Crippen molar-refractivity contribution >= 4 is 22.7 Å². The van der Waals surface area contributed by atoms with E-state index in [1.807, 2.05) is 0 Å². The number of hydrogen-bond acceptors (Lipinski definition) is 7. The molecule has 2 heterocycles. The van der Waals surface area contributed by atoms with Crippen molar-refractivity contribution in [2.75, 3.05) is 14.2 Å². The third-order valence-corrected chi connectivity index (χ3v) is 4.80. The van der Waals surface area contributed by atoms with Crippen LogP contribution in [0.15, 0.2) is 48.5 Å². The molecule has 0 aliphatic heterocycles. The fourth-order valence-corrected chi connectivity index (χ4v) is 3.30. The van der Waals surface area contributed by atoms with E-state index in [0.29, 0.717) is 39.4 Å². The molecule has 0 saturated carbocycles. The standard InChI is InChI=1S/C21H16N4O6/c1-30-13-7-8-17(31-2)14(9-13)16-10-15(21(26)27)18-19(23-24-20(18)22-16)11-3-5-12(6-4-11)25(28)29/h3-10H,1-2H3,(H,26,27)(H,22,23,24). The average molecular weight is 420 g/mol. The van der Waals surface area contributed by atoms with E-state index >= 15 is 0 Å². The molecule has 0 spiro atoms. The number of hydrogen-bond donors (Lipinski definition) is 2. The lowest BCUT2D eigenvalue weighted by atomic mass is 10.0. The minimum absolute atomic E-state index is 0.0213. The topological polar surface area (TPSA) is 140 Å². The Hall–Kier alpha value is -4.47. The van der Waals surface area contributed by atoms with Crippen LogP contribution in [-0.4, -0.2) is 45.4 Å². The Kier molecular flexibility index (Phi) is 4.96. The molecule has 0 bridgehead atoms. The molecule has 0 atom stereocenters. The third-order valence-electron chi connectivity index (χ3n) is 4.80. The van der Waals surface area contributed by atoms with Gasteiger partial charge in [0.05, 0.1) is 41.5 Å². The molecule has 0 saturated heterocycles. The van der Waals surface area contributed by atoms with Gasteiger partial charge in [-0.1, -0.05) is 0 Å². The number of pyridine rings is 1. The van der Waals surface area contributed by atoms with Crippen LogP contribution in [0.25, 0.3) is 33.5 Å². The van der Waals surface area contributed by atoms with Crippen LogP contribution in [0.2, 0.25) is 0 Å². The lowest BCUT2D eigenvalue weighted by molar-refractivity contribution is -0.384. The van der Waals surface area contributed by atoms with Crippen LogP contribution in [-0.2, 0) is 0 Å². The lowest BCUT2D eigenvalue weighted by Gasteiger charge is -2.11. The molecule has 2 N–H and O–H groups in total. The fraction of sp³-hybridized carbons (Fsp3) is 0.0952. The number of nitrogens with zero attached hydrogens (tertiary/aromatic N) is 3. The summed E-state index contributed by atoms with van der Waals surface area (Å²) in [7, 11) is 3.03. The van der Waals surface area contributed by atoms with Crippen LogP contribution >= 0.6 is 0 Å². The number of benzene rings is 2. The van der Waals surface area contributed by atoms with Gasteiger partial charge in [0.2, 0.25) is 0 Å². The van der Waals surface area contributed by atoms with Crippen LogP contribution in [0.3, 0.4) is 0 Å². The largest absolute Gasteiger partial charge is 0.497 e. The van der Waals surface area contributed by atoms with E-state index in [0.717, 1.165) is 0 Å². The Labute approximate surface area is 175 Å². The van der Waals surface area contributed by atoms with Crippen molar-refractivity contribution in [2.45, 2.75) is 0 Å². The van der Waals surface area contributed by atoms with Crippen molar-refractivity contribution in [2.24, 2.45) is 0 Å². The second-order valence-corrected chi connectivity index (χ2v) is 6.53. The van der Waals surface area contributed by atoms with Crippen LogP contribution in [0.4, 0.5) is 5.69 Å². The van der Waals surface area contributed by atoms with E-state index in [2.05, 4.69) is 15.2 Å². The summed E-state index contributed by atoms with van der Waals surface area (Å²) < 4.78 is 10.7. The normalized spacial score (nSPS) is 10.8. The molecule has 0 unspecified atom stereocenters. The summed E-state index contributed by atoms with van der Waals surface area (Å²) in [5, 5.41) is 28.1. The highest BCUT2D eigenvalue weighted by Crippen LogP contribution is 2.36. The second-order valence-electron chi connectivity index (χ2n) is 6.53. The average Bonchev–Trinajstić information content (AvgIpc) is 3.21. The number of H-pyrrole nitrogens is 1. The first-order valence-corrected chi connectivity index (χ1v) is 9.02. The minimum atomic E-state index is -1.17. The first kappa shape index (κ1) is 19.8. The SMILES string of the molecule is COc1ccc(OC)c(-c2cc(C(=O)O)c3c(-c4ccc([N+](=O)[O-])cc4)[nH]nc3n2)c1. The Balaban J connectivity index is 1.92. The highest BCUT2D eigenvalue weighted by molar-refractivity contribution is 6.08. The number of nitrogens with one attached hydrogen (secondary N) is 1. The van der Waals surface area contributed by atoms with Crippen LogP contribution < -0.4 is 9.47 Å². The van der Waals surface area contributed by atoms with Gasteiger partial charge in [-0.15, -0.1) is 0 Å². The summed E-state index contributed by atoms with van der Waals surface area (Å²) in [6.45, 7) is 0. The van der Waals surface area contributed by atoms with Gasteiger partial charge in [0.25, 0.3) is 5.69 Å². The van der Waals surface area contributed by atoms with Gasteiger partial charge in [-0.2, -0.15) is 5.10 Å². The lowest BCUT2D eigenvalue weighted by Crippen LogP contribution is -2.01. The monoisotopic (exact) mass is 420 g/mol. The van der Waals surface area contributed by atoms with Gasteiger partial charge in [0.15, 0.2) is 5.65 Å². The minimum Gasteiger partial charge on any atom is -0.497 e. The number of fused-ring (bicyclic) bond motifs is 1. The van der Waals surface area contributed by atoms with Crippen molar-refractivity contribution in [3.05, 3.63) is 64.2 Å². The van der Waals surface area contributed by atoms with Crippen molar-refractivity contribution in [3.8, 4) is 34.0 Å². The highest BCUT2D eigenvalue weighted by atomic mass is 16.6. The molecular weight excluding hydrogens is 404 g/mol. The molecule has 0 amide bonds. The third kappa shape index (κ3) is 3.50. The summed E-state index contributed by atoms with van der Waals surface area (Å²) in [4.78, 5) is 27.0. The highest BCUT2D eigenvalue weighted by Gasteiger charge is 2.21. The zero-order valence-electron chi connectivity index (χ0n) is 16.4. The summed E-state index contributed by atoms with van der Waals surface area (Å²) >= 11 is 0. The van der Waals surface area contributed by atoms with Crippen molar-refractivity contribution < 1.29 is 24.3 Å². The maximum Gasteiger partial charge on any atom is 0.336 e. The summed E-state index contributed by atoms with van der Waals surface area (Å²) in [6, 6.07) is 12.3. The predicted molar refractivity (Wildman–Crippen MR) is 111 cm³/mol. The smallest absolute Gasteiger partial charge is 0.336 e. The van der Waals surface area contributed by atoms with Gasteiger partial charge in [-0.05, 0) is 36.4 Å². The molecule has 0 fully saturated rings. The molecule has 10 nitrogen and oxygen atoms in total. The van der Waals surface area contributed by atoms with E-state index in [9.17, 15) is 20.0 Å². The molecule has 10 heteroatoms. The number of nitro groups is 1. The molecular formula is C21H16N4O6. The van der Waals surface area contributed by atoms with Gasteiger partial charge < -0.3 is 14.6 Å². The van der Waals surface area contributed by atoms with E-state index in [1.165, 1.54) is 44.6 Å². The maximum atomic E-state index is 12.1. The predicted octanol–water partition coefficient (Wildman–Crippen LogP) is 3.92. The summed E-state index contributed by atoms with van der Waals surface area (Å²) in [6.07, 6.45) is 0. The van der Waals surface area contributed by atoms with Crippen LogP contribution in [0, 0.1) is 10.1 Å². The molecule has 156 valence electrons. The second kappa shape index (κ2) is 7.75. The zero-order valence-corrected chi connectivity index (χ0v) is 16.4. The van der Waals surface area contributed by atoms with Crippen LogP contribution in [0.5, 0.6) is 11.5 Å². The number of carbonyl (C=O) groups is 1. The van der Waals surface area contributed by atoms with Crippen molar-refractivity contribution in [3.63, 3.8) is 0 Å². The summed E-state index contributed by atoms with van der Waals surface area (Å²) in [5.74, 6) is -0.113. The fourth-order valence-electron chi connectivity index (χ4n) is 3.30. The molecule has 0 radical (unpaired) electrons. The number of carboxylic acids is 1. The number of ether oxygens (including phenoxy) is 2. The zero-order chi connectivity index (χ0) is 22.1. The Morgan fingerprint density at radius 3 is 2.45 bits per heavy atom.